The van der Waals surface area contributed by atoms with E-state index in [2.05, 4.69) is 4.98 Å². The van der Waals surface area contributed by atoms with Gasteiger partial charge in [-0.3, -0.25) is 15.1 Å². The maximum atomic E-state index is 11.1. The van der Waals surface area contributed by atoms with Gasteiger partial charge in [-0.15, -0.1) is 0 Å². The predicted octanol–water partition coefficient (Wildman–Crippen LogP) is 3.59. The number of benzene rings is 1. The summed E-state index contributed by atoms with van der Waals surface area (Å²) in [5.74, 6) is 0.128. The van der Waals surface area contributed by atoms with Crippen molar-refractivity contribution >= 4 is 23.0 Å². The van der Waals surface area contributed by atoms with Gasteiger partial charge in [0.1, 0.15) is 11.9 Å². The lowest BCUT2D eigenvalue weighted by Gasteiger charge is -2.35. The van der Waals surface area contributed by atoms with Crippen LogP contribution in [0, 0.1) is 16.0 Å². The molecule has 1 atom stereocenters. The van der Waals surface area contributed by atoms with Gasteiger partial charge in [0, 0.05) is 24.3 Å². The van der Waals surface area contributed by atoms with Gasteiger partial charge in [0.2, 0.25) is 0 Å². The number of nitrogens with zero attached hydrogens (tertiary/aromatic N) is 3. The van der Waals surface area contributed by atoms with Crippen molar-refractivity contribution in [2.75, 3.05) is 18.0 Å². The fourth-order valence-electron chi connectivity index (χ4n) is 3.18. The van der Waals surface area contributed by atoms with Crippen molar-refractivity contribution in [3.8, 4) is 0 Å². The third kappa shape index (κ3) is 3.49. The van der Waals surface area contributed by atoms with Gasteiger partial charge >= 0.3 is 5.69 Å². The summed E-state index contributed by atoms with van der Waals surface area (Å²) in [6.07, 6.45) is 3.84. The Morgan fingerprint density at radius 2 is 1.92 bits per heavy atom. The number of rotatable bonds is 4. The number of nitro groups is 1. The molecule has 2 aromatic rings. The smallest absolute Gasteiger partial charge is 0.310 e. The first kappa shape index (κ1) is 16.7. The van der Waals surface area contributed by atoms with Crippen LogP contribution in [-0.4, -0.2) is 28.1 Å². The van der Waals surface area contributed by atoms with Crippen molar-refractivity contribution < 1.29 is 10.0 Å². The van der Waals surface area contributed by atoms with Crippen LogP contribution in [0.15, 0.2) is 42.7 Å². The van der Waals surface area contributed by atoms with Gasteiger partial charge in [-0.05, 0) is 42.5 Å². The zero-order chi connectivity index (χ0) is 17.1. The van der Waals surface area contributed by atoms with E-state index in [4.69, 9.17) is 11.6 Å². The highest BCUT2D eigenvalue weighted by molar-refractivity contribution is 6.30. The molecule has 0 saturated carbocycles. The molecule has 0 bridgehead atoms. The van der Waals surface area contributed by atoms with E-state index in [1.807, 2.05) is 17.0 Å². The molecule has 1 unspecified atom stereocenters. The molecule has 6 nitrogen and oxygen atoms in total. The van der Waals surface area contributed by atoms with Crippen LogP contribution in [0.25, 0.3) is 0 Å². The normalized spacial score (nSPS) is 16.8. The van der Waals surface area contributed by atoms with Gasteiger partial charge in [-0.1, -0.05) is 23.7 Å². The average Bonchev–Trinajstić information content (AvgIpc) is 2.62. The minimum absolute atomic E-state index is 0.0224. The first-order chi connectivity index (χ1) is 11.6. The monoisotopic (exact) mass is 347 g/mol. The third-order valence-electron chi connectivity index (χ3n) is 4.51. The summed E-state index contributed by atoms with van der Waals surface area (Å²) in [6.45, 7) is 1.33. The van der Waals surface area contributed by atoms with Crippen LogP contribution in [0.5, 0.6) is 0 Å². The quantitative estimate of drug-likeness (QED) is 0.675. The van der Waals surface area contributed by atoms with Gasteiger partial charge < -0.3 is 10.0 Å². The maximum Gasteiger partial charge on any atom is 0.310 e. The summed E-state index contributed by atoms with van der Waals surface area (Å²) in [5, 5.41) is 22.3. The van der Waals surface area contributed by atoms with E-state index in [0.717, 1.165) is 18.4 Å². The minimum atomic E-state index is -0.545. The Labute approximate surface area is 144 Å². The molecule has 0 amide bonds. The molecule has 24 heavy (non-hydrogen) atoms. The molecule has 1 aliphatic heterocycles. The van der Waals surface area contributed by atoms with Gasteiger partial charge in [-0.2, -0.15) is 0 Å². The number of halogens is 1. The Balaban J connectivity index is 1.68. The molecule has 1 N–H and O–H groups in total. The van der Waals surface area contributed by atoms with Crippen LogP contribution >= 0.6 is 11.6 Å². The van der Waals surface area contributed by atoms with E-state index in [1.165, 1.54) is 6.20 Å². The Morgan fingerprint density at radius 1 is 1.25 bits per heavy atom. The second-order valence-electron chi connectivity index (χ2n) is 5.94. The van der Waals surface area contributed by atoms with Crippen molar-refractivity contribution in [2.45, 2.75) is 18.9 Å². The van der Waals surface area contributed by atoms with Crippen LogP contribution in [0.3, 0.4) is 0 Å². The lowest BCUT2D eigenvalue weighted by molar-refractivity contribution is -0.384. The summed E-state index contributed by atoms with van der Waals surface area (Å²) < 4.78 is 0. The van der Waals surface area contributed by atoms with E-state index < -0.39 is 11.0 Å². The number of hydrogen-bond acceptors (Lipinski definition) is 5. The van der Waals surface area contributed by atoms with E-state index in [-0.39, 0.29) is 11.6 Å². The zero-order valence-corrected chi connectivity index (χ0v) is 13.8. The predicted molar refractivity (Wildman–Crippen MR) is 92.2 cm³/mol. The first-order valence-corrected chi connectivity index (χ1v) is 8.21. The minimum Gasteiger partial charge on any atom is -0.388 e. The van der Waals surface area contributed by atoms with Gasteiger partial charge in [0.25, 0.3) is 0 Å². The van der Waals surface area contributed by atoms with Crippen molar-refractivity contribution in [2.24, 2.45) is 5.92 Å². The molecule has 126 valence electrons. The Morgan fingerprint density at radius 3 is 2.54 bits per heavy atom. The lowest BCUT2D eigenvalue weighted by atomic mass is 9.87. The Kier molecular flexibility index (Phi) is 4.97. The molecule has 1 aromatic carbocycles. The first-order valence-electron chi connectivity index (χ1n) is 7.83. The van der Waals surface area contributed by atoms with Crippen LogP contribution in [0.4, 0.5) is 11.4 Å². The van der Waals surface area contributed by atoms with E-state index in [9.17, 15) is 15.2 Å². The molecular formula is C17H18ClN3O3. The van der Waals surface area contributed by atoms with Crippen LogP contribution < -0.4 is 4.90 Å². The molecular weight excluding hydrogens is 330 g/mol. The molecule has 0 radical (unpaired) electrons. The Bertz CT molecular complexity index is 715. The van der Waals surface area contributed by atoms with Crippen molar-refractivity contribution in [1.82, 2.24) is 4.98 Å². The SMILES string of the molecule is O=[N+]([O-])c1cnccc1N1CCC(C(O)c2ccc(Cl)cc2)CC1. The fraction of sp³-hybridized carbons (Fsp3) is 0.353. The number of piperidine rings is 1. The molecule has 1 saturated heterocycles. The molecule has 0 aliphatic carbocycles. The van der Waals surface area contributed by atoms with Crippen molar-refractivity contribution in [1.29, 1.82) is 0 Å². The van der Waals surface area contributed by atoms with Crippen LogP contribution in [0.1, 0.15) is 24.5 Å². The highest BCUT2D eigenvalue weighted by atomic mass is 35.5. The summed E-state index contributed by atoms with van der Waals surface area (Å²) in [4.78, 5) is 16.6. The highest BCUT2D eigenvalue weighted by Crippen LogP contribution is 2.35. The summed E-state index contributed by atoms with van der Waals surface area (Å²) in [7, 11) is 0. The second kappa shape index (κ2) is 7.15. The molecule has 1 fully saturated rings. The molecule has 1 aliphatic rings. The maximum absolute atomic E-state index is 11.1. The van der Waals surface area contributed by atoms with Gasteiger partial charge in [-0.25, -0.2) is 0 Å². The average molecular weight is 348 g/mol. The highest BCUT2D eigenvalue weighted by Gasteiger charge is 2.29. The van der Waals surface area contributed by atoms with Gasteiger partial charge in [0.05, 0.1) is 11.0 Å². The van der Waals surface area contributed by atoms with Crippen LogP contribution in [0.2, 0.25) is 5.02 Å². The zero-order valence-electron chi connectivity index (χ0n) is 13.0. The molecule has 2 heterocycles. The molecule has 3 rings (SSSR count). The summed E-state index contributed by atoms with van der Waals surface area (Å²) in [6, 6.07) is 8.90. The third-order valence-corrected chi connectivity index (χ3v) is 4.76. The number of hydrogen-bond donors (Lipinski definition) is 1. The standard InChI is InChI=1S/C17H18ClN3O3/c18-14-3-1-12(2-4-14)17(22)13-6-9-20(10-7-13)15-5-8-19-11-16(15)21(23)24/h1-5,8,11,13,17,22H,6-7,9-10H2. The molecule has 0 spiro atoms. The largest absolute Gasteiger partial charge is 0.388 e. The number of aliphatic hydroxyl groups is 1. The van der Waals surface area contributed by atoms with E-state index in [0.29, 0.717) is 23.8 Å². The second-order valence-corrected chi connectivity index (χ2v) is 6.38. The summed E-state index contributed by atoms with van der Waals surface area (Å²) >= 11 is 5.88. The molecule has 7 heteroatoms. The lowest BCUT2D eigenvalue weighted by Crippen LogP contribution is -2.36. The topological polar surface area (TPSA) is 79.5 Å². The Hall–Kier alpha value is -2.18. The number of aromatic nitrogens is 1. The number of pyridine rings is 1. The van der Waals surface area contributed by atoms with Crippen molar-refractivity contribution in [3.05, 3.63) is 63.4 Å². The van der Waals surface area contributed by atoms with Crippen molar-refractivity contribution in [3.63, 3.8) is 0 Å². The van der Waals surface area contributed by atoms with E-state index in [1.54, 1.807) is 24.4 Å². The number of aliphatic hydroxyl groups excluding tert-OH is 1. The molecule has 1 aromatic heterocycles. The van der Waals surface area contributed by atoms with Gasteiger partial charge in [0.15, 0.2) is 0 Å². The van der Waals surface area contributed by atoms with E-state index >= 15 is 0 Å². The number of anilines is 1. The van der Waals surface area contributed by atoms with Crippen LogP contribution in [-0.2, 0) is 0 Å². The summed E-state index contributed by atoms with van der Waals surface area (Å²) in [5.41, 5.74) is 1.47. The fourth-order valence-corrected chi connectivity index (χ4v) is 3.30.